The van der Waals surface area contributed by atoms with Crippen molar-refractivity contribution in [1.82, 2.24) is 0 Å². The van der Waals surface area contributed by atoms with E-state index in [1.807, 2.05) is 36.4 Å². The van der Waals surface area contributed by atoms with Gasteiger partial charge in [0.2, 0.25) is 0 Å². The van der Waals surface area contributed by atoms with Gasteiger partial charge in [0.25, 0.3) is 0 Å². The molecule has 1 saturated carbocycles. The van der Waals surface area contributed by atoms with Crippen LogP contribution in [0, 0.1) is 11.3 Å². The molecular weight excluding hydrogens is 246 g/mol. The molecule has 1 aliphatic heterocycles. The van der Waals surface area contributed by atoms with Gasteiger partial charge in [0.1, 0.15) is 12.2 Å². The Labute approximate surface area is 118 Å². The highest BCUT2D eigenvalue weighted by Gasteiger charge is 2.75. The van der Waals surface area contributed by atoms with Gasteiger partial charge in [-0.1, -0.05) is 60.7 Å². The summed E-state index contributed by atoms with van der Waals surface area (Å²) in [6.45, 7) is 0. The van der Waals surface area contributed by atoms with Crippen LogP contribution in [0.5, 0.6) is 0 Å². The van der Waals surface area contributed by atoms with Gasteiger partial charge in [-0.25, -0.2) is 0 Å². The summed E-state index contributed by atoms with van der Waals surface area (Å²) in [4.78, 5) is 0. The molecule has 1 saturated heterocycles. The smallest absolute Gasteiger partial charge is 0.194 e. The third-order valence-corrected chi connectivity index (χ3v) is 4.84. The van der Waals surface area contributed by atoms with Crippen molar-refractivity contribution in [3.05, 3.63) is 71.8 Å². The first kappa shape index (κ1) is 11.7. The number of hydrogen-bond acceptors (Lipinski definition) is 2. The molecule has 20 heavy (non-hydrogen) atoms. The van der Waals surface area contributed by atoms with Crippen LogP contribution in [0.1, 0.15) is 24.0 Å². The van der Waals surface area contributed by atoms with Gasteiger partial charge in [-0.05, 0) is 24.0 Å². The molecule has 4 rings (SSSR count). The van der Waals surface area contributed by atoms with Crippen LogP contribution >= 0.6 is 0 Å². The first-order chi connectivity index (χ1) is 9.83. The van der Waals surface area contributed by atoms with Crippen molar-refractivity contribution in [1.29, 1.82) is 5.26 Å². The van der Waals surface area contributed by atoms with Gasteiger partial charge in [-0.2, -0.15) is 5.26 Å². The number of hydrogen-bond donors (Lipinski definition) is 0. The number of nitrogens with zero attached hydrogens (tertiary/aromatic N) is 1. The summed E-state index contributed by atoms with van der Waals surface area (Å²) in [5.41, 5.74) is 1.38. The maximum Gasteiger partial charge on any atom is 0.194 e. The number of nitriles is 1. The molecule has 2 aromatic rings. The zero-order chi connectivity index (χ0) is 13.6. The summed E-state index contributed by atoms with van der Waals surface area (Å²) in [5.74, 6) is 0. The third kappa shape index (κ3) is 1.26. The molecule has 2 nitrogen and oxygen atoms in total. The van der Waals surface area contributed by atoms with E-state index in [-0.39, 0.29) is 11.5 Å². The highest BCUT2D eigenvalue weighted by atomic mass is 16.6. The minimum Gasteiger partial charge on any atom is -0.349 e. The molecule has 0 bridgehead atoms. The van der Waals surface area contributed by atoms with E-state index in [1.54, 1.807) is 0 Å². The lowest BCUT2D eigenvalue weighted by Gasteiger charge is -2.34. The van der Waals surface area contributed by atoms with Crippen molar-refractivity contribution in [2.24, 2.45) is 0 Å². The number of rotatable bonds is 2. The van der Waals surface area contributed by atoms with E-state index in [0.717, 1.165) is 12.8 Å². The van der Waals surface area contributed by atoms with Gasteiger partial charge in [-0.3, -0.25) is 0 Å². The Morgan fingerprint density at radius 3 is 1.95 bits per heavy atom. The monoisotopic (exact) mass is 261 g/mol. The van der Waals surface area contributed by atoms with E-state index < -0.39 is 5.60 Å². The Kier molecular flexibility index (Phi) is 2.31. The van der Waals surface area contributed by atoms with Crippen molar-refractivity contribution in [2.45, 2.75) is 30.0 Å². The fraction of sp³-hybridized carbons (Fsp3) is 0.278. The summed E-state index contributed by atoms with van der Waals surface area (Å²) in [7, 11) is 0. The minimum absolute atomic E-state index is 0.0907. The Bertz CT molecular complexity index is 634. The van der Waals surface area contributed by atoms with Crippen molar-refractivity contribution >= 4 is 0 Å². The molecule has 0 aromatic heterocycles. The van der Waals surface area contributed by atoms with Crippen LogP contribution in [0.3, 0.4) is 0 Å². The zero-order valence-electron chi connectivity index (χ0n) is 11.1. The lowest BCUT2D eigenvalue weighted by Crippen LogP contribution is -2.40. The largest absolute Gasteiger partial charge is 0.349 e. The normalized spacial score (nSPS) is 29.4. The standard InChI is InChI=1S/C18H15NO/c19-13-18-16(20-18)11-12-17(18,14-7-3-1-4-8-14)15-9-5-2-6-10-15/h1-10,16H,11-12H2/t16-,18-/m0/s1. The van der Waals surface area contributed by atoms with Crippen LogP contribution in [0.4, 0.5) is 0 Å². The number of epoxide rings is 1. The van der Waals surface area contributed by atoms with Gasteiger partial charge >= 0.3 is 0 Å². The zero-order valence-corrected chi connectivity index (χ0v) is 11.1. The predicted octanol–water partition coefficient (Wildman–Crippen LogP) is 3.43. The molecule has 0 radical (unpaired) electrons. The number of fused-ring (bicyclic) bond motifs is 1. The van der Waals surface area contributed by atoms with Crippen LogP contribution < -0.4 is 0 Å². The van der Waals surface area contributed by atoms with Gasteiger partial charge < -0.3 is 4.74 Å². The maximum atomic E-state index is 9.75. The molecule has 0 N–H and O–H groups in total. The van der Waals surface area contributed by atoms with Crippen LogP contribution in [-0.2, 0) is 10.2 Å². The van der Waals surface area contributed by atoms with E-state index >= 15 is 0 Å². The van der Waals surface area contributed by atoms with Crippen LogP contribution in [0.15, 0.2) is 60.7 Å². The highest BCUT2D eigenvalue weighted by Crippen LogP contribution is 2.64. The minimum atomic E-state index is -0.671. The fourth-order valence-corrected chi connectivity index (χ4v) is 3.88. The third-order valence-electron chi connectivity index (χ3n) is 4.84. The maximum absolute atomic E-state index is 9.75. The van der Waals surface area contributed by atoms with E-state index in [0.29, 0.717) is 0 Å². The second kappa shape index (κ2) is 3.94. The molecule has 2 heteroatoms. The van der Waals surface area contributed by atoms with E-state index in [9.17, 15) is 5.26 Å². The Morgan fingerprint density at radius 2 is 1.50 bits per heavy atom. The second-order valence-electron chi connectivity index (χ2n) is 5.63. The summed E-state index contributed by atoms with van der Waals surface area (Å²) < 4.78 is 5.85. The van der Waals surface area contributed by atoms with E-state index in [1.165, 1.54) is 11.1 Å². The van der Waals surface area contributed by atoms with Crippen molar-refractivity contribution in [3.63, 3.8) is 0 Å². The molecule has 1 heterocycles. The number of ether oxygens (including phenoxy) is 1. The Hall–Kier alpha value is -2.11. The Balaban J connectivity index is 1.98. The predicted molar refractivity (Wildman–Crippen MR) is 76.1 cm³/mol. The van der Waals surface area contributed by atoms with Crippen LogP contribution in [0.2, 0.25) is 0 Å². The first-order valence-electron chi connectivity index (χ1n) is 7.04. The lowest BCUT2D eigenvalue weighted by molar-refractivity contribution is 0.218. The summed E-state index contributed by atoms with van der Waals surface area (Å²) in [6, 6.07) is 23.2. The average molecular weight is 261 g/mol. The van der Waals surface area contributed by atoms with Crippen molar-refractivity contribution in [2.75, 3.05) is 0 Å². The molecule has 0 amide bonds. The van der Waals surface area contributed by atoms with Crippen LogP contribution in [-0.4, -0.2) is 11.7 Å². The number of benzene rings is 2. The molecule has 2 aromatic carbocycles. The molecule has 2 aliphatic rings. The average Bonchev–Trinajstić information content (AvgIpc) is 3.17. The van der Waals surface area contributed by atoms with Gasteiger partial charge in [-0.15, -0.1) is 0 Å². The highest BCUT2D eigenvalue weighted by molar-refractivity contribution is 5.52. The lowest BCUT2D eigenvalue weighted by atomic mass is 9.67. The van der Waals surface area contributed by atoms with Crippen molar-refractivity contribution in [3.8, 4) is 6.07 Å². The van der Waals surface area contributed by atoms with Crippen LogP contribution in [0.25, 0.3) is 0 Å². The first-order valence-corrected chi connectivity index (χ1v) is 7.04. The molecule has 1 aliphatic carbocycles. The summed E-state index contributed by atoms with van der Waals surface area (Å²) in [5, 5.41) is 9.75. The van der Waals surface area contributed by atoms with E-state index in [2.05, 4.69) is 30.3 Å². The molecular formula is C18H15NO. The summed E-state index contributed by atoms with van der Waals surface area (Å²) >= 11 is 0. The quantitative estimate of drug-likeness (QED) is 0.776. The van der Waals surface area contributed by atoms with Gasteiger partial charge in [0.15, 0.2) is 5.60 Å². The van der Waals surface area contributed by atoms with E-state index in [4.69, 9.17) is 4.74 Å². The SMILES string of the molecule is N#C[C@]12O[C@H]1CCC2(c1ccccc1)c1ccccc1. The summed E-state index contributed by atoms with van der Waals surface area (Å²) in [6.07, 6.45) is 2.02. The Morgan fingerprint density at radius 1 is 0.950 bits per heavy atom. The second-order valence-corrected chi connectivity index (χ2v) is 5.63. The molecule has 0 unspecified atom stereocenters. The molecule has 0 spiro atoms. The molecule has 98 valence electrons. The van der Waals surface area contributed by atoms with Gasteiger partial charge in [0.05, 0.1) is 5.41 Å². The molecule has 2 atom stereocenters. The van der Waals surface area contributed by atoms with Gasteiger partial charge in [0, 0.05) is 0 Å². The molecule has 2 fully saturated rings. The topological polar surface area (TPSA) is 36.3 Å². The van der Waals surface area contributed by atoms with Crippen molar-refractivity contribution < 1.29 is 4.74 Å². The fourth-order valence-electron chi connectivity index (χ4n) is 3.88.